The van der Waals surface area contributed by atoms with Crippen LogP contribution in [0, 0.1) is 0 Å². The van der Waals surface area contributed by atoms with Crippen LogP contribution in [-0.2, 0) is 14.8 Å². The molecule has 0 aliphatic carbocycles. The molecule has 0 saturated heterocycles. The van der Waals surface area contributed by atoms with Crippen molar-refractivity contribution in [3.8, 4) is 0 Å². The quantitative estimate of drug-likeness (QED) is 0.806. The molecule has 1 aromatic rings. The Balaban J connectivity index is 2.18. The van der Waals surface area contributed by atoms with E-state index in [4.69, 9.17) is 5.73 Å². The van der Waals surface area contributed by atoms with E-state index in [0.29, 0.717) is 12.1 Å². The van der Waals surface area contributed by atoms with Crippen LogP contribution in [0.5, 0.6) is 0 Å². The molecule has 0 unspecified atom stereocenters. The Labute approximate surface area is 130 Å². The maximum atomic E-state index is 12.0. The summed E-state index contributed by atoms with van der Waals surface area (Å²) in [6, 6.07) is 6.56. The molecule has 120 valence electrons. The molecule has 0 fully saturated rings. The summed E-state index contributed by atoms with van der Waals surface area (Å²) < 4.78 is 27.8. The smallest absolute Gasteiger partial charge is 0.285 e. The number of likely N-dealkylation sites (N-methyl/N-ethyl adjacent to an activating group) is 1. The van der Waals surface area contributed by atoms with Gasteiger partial charge in [-0.3, -0.25) is 4.79 Å². The van der Waals surface area contributed by atoms with Gasteiger partial charge in [0.05, 0.1) is 6.54 Å². The van der Waals surface area contributed by atoms with E-state index in [0.717, 1.165) is 0 Å². The van der Waals surface area contributed by atoms with Crippen LogP contribution >= 0.6 is 0 Å². The highest BCUT2D eigenvalue weighted by molar-refractivity contribution is 7.90. The maximum absolute atomic E-state index is 12.0. The van der Waals surface area contributed by atoms with Crippen LogP contribution in [0.25, 0.3) is 0 Å². The van der Waals surface area contributed by atoms with E-state index in [1.165, 1.54) is 11.0 Å². The second-order valence-corrected chi connectivity index (χ2v) is 7.45. The molecule has 8 heteroatoms. The zero-order chi connectivity index (χ0) is 16.5. The van der Waals surface area contributed by atoms with Crippen molar-refractivity contribution in [3.63, 3.8) is 0 Å². The molecule has 1 heterocycles. The van der Waals surface area contributed by atoms with Crippen molar-refractivity contribution in [2.75, 3.05) is 20.1 Å². The van der Waals surface area contributed by atoms with E-state index >= 15 is 0 Å². The summed E-state index contributed by atoms with van der Waals surface area (Å²) in [7, 11) is -2.05. The summed E-state index contributed by atoms with van der Waals surface area (Å²) in [6.07, 6.45) is 0. The Hall–Kier alpha value is -1.93. The van der Waals surface area contributed by atoms with Crippen LogP contribution in [0.2, 0.25) is 0 Å². The Morgan fingerprint density at radius 1 is 1.36 bits per heavy atom. The third-order valence-corrected chi connectivity index (χ3v) is 4.67. The molecule has 0 saturated carbocycles. The van der Waals surface area contributed by atoms with Crippen molar-refractivity contribution in [2.45, 2.75) is 24.3 Å². The van der Waals surface area contributed by atoms with Crippen LogP contribution < -0.4 is 11.1 Å². The molecule has 0 bridgehead atoms. The number of fused-ring (bicyclic) bond motifs is 1. The normalized spacial score (nSPS) is 15.9. The second-order valence-electron chi connectivity index (χ2n) is 5.88. The number of benzene rings is 1. The molecule has 0 atom stereocenters. The van der Waals surface area contributed by atoms with Crippen molar-refractivity contribution >= 4 is 21.8 Å². The molecule has 0 aromatic heterocycles. The summed E-state index contributed by atoms with van der Waals surface area (Å²) in [5, 5.41) is 2.79. The van der Waals surface area contributed by atoms with Gasteiger partial charge in [0.1, 0.15) is 4.90 Å². The predicted octanol–water partition coefficient (Wildman–Crippen LogP) is -0.0792. The average Bonchev–Trinajstić information content (AvgIpc) is 2.71. The summed E-state index contributed by atoms with van der Waals surface area (Å²) in [5.74, 6) is 0.0266. The molecule has 1 aliphatic rings. The molecule has 2 rings (SSSR count). The monoisotopic (exact) mass is 324 g/mol. The maximum Gasteiger partial charge on any atom is 0.285 e. The van der Waals surface area contributed by atoms with Gasteiger partial charge >= 0.3 is 0 Å². The minimum atomic E-state index is -3.68. The van der Waals surface area contributed by atoms with Crippen LogP contribution in [0.3, 0.4) is 0 Å². The molecule has 22 heavy (non-hydrogen) atoms. The van der Waals surface area contributed by atoms with Crippen molar-refractivity contribution in [3.05, 3.63) is 29.8 Å². The highest BCUT2D eigenvalue weighted by Gasteiger charge is 2.31. The summed E-state index contributed by atoms with van der Waals surface area (Å²) in [5.41, 5.74) is 5.57. The van der Waals surface area contributed by atoms with Gasteiger partial charge in [-0.05, 0) is 26.0 Å². The SMILES string of the molecule is CN(CC(=O)NC(C)(C)CN)C1=NS(=O)(=O)c2ccccc21. The number of sulfonamides is 1. The van der Waals surface area contributed by atoms with Crippen molar-refractivity contribution in [2.24, 2.45) is 10.1 Å². The first-order chi connectivity index (χ1) is 10.2. The topological polar surface area (TPSA) is 105 Å². The van der Waals surface area contributed by atoms with E-state index in [-0.39, 0.29) is 23.2 Å². The summed E-state index contributed by atoms with van der Waals surface area (Å²) in [6.45, 7) is 3.93. The third-order valence-electron chi connectivity index (χ3n) is 3.34. The molecule has 7 nitrogen and oxygen atoms in total. The minimum absolute atomic E-state index is 0.00782. The lowest BCUT2D eigenvalue weighted by Gasteiger charge is -2.26. The lowest BCUT2D eigenvalue weighted by Crippen LogP contribution is -2.51. The van der Waals surface area contributed by atoms with Gasteiger partial charge < -0.3 is 16.0 Å². The molecular formula is C14H20N4O3S. The third kappa shape index (κ3) is 3.28. The van der Waals surface area contributed by atoms with Gasteiger partial charge in [0.15, 0.2) is 5.84 Å². The molecule has 0 spiro atoms. The first-order valence-corrected chi connectivity index (χ1v) is 8.27. The Morgan fingerprint density at radius 2 is 2.00 bits per heavy atom. The zero-order valence-corrected chi connectivity index (χ0v) is 13.6. The van der Waals surface area contributed by atoms with E-state index < -0.39 is 15.6 Å². The number of hydrogen-bond acceptors (Lipinski definition) is 5. The first-order valence-electron chi connectivity index (χ1n) is 6.83. The predicted molar refractivity (Wildman–Crippen MR) is 84.1 cm³/mol. The van der Waals surface area contributed by atoms with Gasteiger partial charge in [0.25, 0.3) is 10.0 Å². The number of nitrogens with two attached hydrogens (primary N) is 1. The van der Waals surface area contributed by atoms with Crippen LogP contribution in [0.4, 0.5) is 0 Å². The minimum Gasteiger partial charge on any atom is -0.349 e. The highest BCUT2D eigenvalue weighted by atomic mass is 32.2. The molecular weight excluding hydrogens is 304 g/mol. The molecule has 0 radical (unpaired) electrons. The number of carbonyl (C=O) groups excluding carboxylic acids is 1. The lowest BCUT2D eigenvalue weighted by molar-refractivity contribution is -0.122. The Kier molecular flexibility index (Phi) is 4.25. The average molecular weight is 324 g/mol. The van der Waals surface area contributed by atoms with Gasteiger partial charge in [-0.1, -0.05) is 12.1 Å². The van der Waals surface area contributed by atoms with Crippen LogP contribution in [-0.4, -0.2) is 50.7 Å². The largest absolute Gasteiger partial charge is 0.349 e. The van der Waals surface area contributed by atoms with Gasteiger partial charge in [-0.2, -0.15) is 8.42 Å². The summed E-state index contributed by atoms with van der Waals surface area (Å²) in [4.78, 5) is 13.7. The van der Waals surface area contributed by atoms with E-state index in [2.05, 4.69) is 9.71 Å². The number of amides is 1. The lowest BCUT2D eigenvalue weighted by atomic mass is 10.1. The number of rotatable bonds is 4. The number of amidine groups is 1. The molecule has 1 aromatic carbocycles. The van der Waals surface area contributed by atoms with Crippen LogP contribution in [0.15, 0.2) is 33.6 Å². The van der Waals surface area contributed by atoms with E-state index in [1.54, 1.807) is 25.2 Å². The van der Waals surface area contributed by atoms with Crippen molar-refractivity contribution < 1.29 is 13.2 Å². The fraction of sp³-hybridized carbons (Fsp3) is 0.429. The molecule has 3 N–H and O–H groups in total. The number of carbonyl (C=O) groups is 1. The van der Waals surface area contributed by atoms with Crippen molar-refractivity contribution in [1.29, 1.82) is 0 Å². The Bertz CT molecular complexity index is 725. The van der Waals surface area contributed by atoms with Crippen molar-refractivity contribution in [1.82, 2.24) is 10.2 Å². The van der Waals surface area contributed by atoms with Gasteiger partial charge in [-0.15, -0.1) is 4.40 Å². The zero-order valence-electron chi connectivity index (χ0n) is 12.8. The van der Waals surface area contributed by atoms with Gasteiger partial charge in [0.2, 0.25) is 5.91 Å². The molecule has 1 aliphatic heterocycles. The van der Waals surface area contributed by atoms with Gasteiger partial charge in [0, 0.05) is 24.7 Å². The van der Waals surface area contributed by atoms with E-state index in [1.807, 2.05) is 13.8 Å². The first kappa shape index (κ1) is 16.4. The van der Waals surface area contributed by atoms with E-state index in [9.17, 15) is 13.2 Å². The number of hydrogen-bond donors (Lipinski definition) is 2. The van der Waals surface area contributed by atoms with Gasteiger partial charge in [-0.25, -0.2) is 0 Å². The fourth-order valence-corrected chi connectivity index (χ4v) is 3.37. The number of nitrogens with zero attached hydrogens (tertiary/aromatic N) is 2. The van der Waals surface area contributed by atoms with Crippen LogP contribution in [0.1, 0.15) is 19.4 Å². The fourth-order valence-electron chi connectivity index (χ4n) is 2.12. The summed E-state index contributed by atoms with van der Waals surface area (Å²) >= 11 is 0. The Morgan fingerprint density at radius 3 is 2.64 bits per heavy atom. The highest BCUT2D eigenvalue weighted by Crippen LogP contribution is 2.26. The number of nitrogens with one attached hydrogen (secondary N) is 1. The molecule has 1 amide bonds. The second kappa shape index (κ2) is 5.69. The standard InChI is InChI=1S/C14H20N4O3S/c1-14(2,9-15)16-12(19)8-18(3)13-10-6-4-5-7-11(10)22(20,21)17-13/h4-7H,8-9,15H2,1-3H3,(H,16,19).